The minimum atomic E-state index is -0.964. The average molecular weight is 573 g/mol. The molecule has 4 aromatic rings. The normalized spacial score (nSPS) is 11.2. The van der Waals surface area contributed by atoms with E-state index in [2.05, 4.69) is 0 Å². The standard InChI is InChI=1S/C34H30ClFO5/c35-31-4-2-1-3-29(31)22-41-32-20-19-30(36)21-28(32)18-13-23(5-7-24-9-14-26(15-10-24)33(37)38)6-8-25-11-16-27(17-12-25)34(39)40/h1-4,9-21,23H,5-8,22H2,(H,37,38)(H,39,40)/b18-13+. The second-order valence-electron chi connectivity index (χ2n) is 9.76. The minimum Gasteiger partial charge on any atom is -0.488 e. The second-order valence-corrected chi connectivity index (χ2v) is 10.2. The van der Waals surface area contributed by atoms with Gasteiger partial charge in [-0.3, -0.25) is 0 Å². The van der Waals surface area contributed by atoms with Crippen LogP contribution in [0.4, 0.5) is 4.39 Å². The number of halogens is 2. The smallest absolute Gasteiger partial charge is 0.335 e. The molecule has 0 radical (unpaired) electrons. The summed E-state index contributed by atoms with van der Waals surface area (Å²) in [5.41, 5.74) is 3.96. The van der Waals surface area contributed by atoms with Crippen molar-refractivity contribution in [2.45, 2.75) is 32.3 Å². The molecule has 4 aromatic carbocycles. The van der Waals surface area contributed by atoms with Gasteiger partial charge in [0.2, 0.25) is 0 Å². The summed E-state index contributed by atoms with van der Waals surface area (Å²) in [5.74, 6) is -1.66. The molecular weight excluding hydrogens is 543 g/mol. The lowest BCUT2D eigenvalue weighted by atomic mass is 9.91. The van der Waals surface area contributed by atoms with E-state index in [4.69, 9.17) is 16.3 Å². The van der Waals surface area contributed by atoms with Crippen molar-refractivity contribution < 1.29 is 28.9 Å². The summed E-state index contributed by atoms with van der Waals surface area (Å²) in [4.78, 5) is 22.4. The SMILES string of the molecule is O=C(O)c1ccc(CCC(/C=C/c2cc(F)ccc2OCc2ccccc2Cl)CCc2ccc(C(=O)O)cc2)cc1. The van der Waals surface area contributed by atoms with Crippen molar-refractivity contribution in [1.29, 1.82) is 0 Å². The zero-order valence-electron chi connectivity index (χ0n) is 22.3. The van der Waals surface area contributed by atoms with Gasteiger partial charge in [0.15, 0.2) is 0 Å². The molecule has 0 amide bonds. The Bertz CT molecular complexity index is 1450. The highest BCUT2D eigenvalue weighted by molar-refractivity contribution is 6.31. The zero-order valence-corrected chi connectivity index (χ0v) is 23.1. The number of aryl methyl sites for hydroxylation is 2. The third kappa shape index (κ3) is 8.78. The van der Waals surface area contributed by atoms with Crippen LogP contribution in [0, 0.1) is 11.7 Å². The van der Waals surface area contributed by atoms with Crippen molar-refractivity contribution in [2.75, 3.05) is 0 Å². The minimum absolute atomic E-state index is 0.105. The predicted octanol–water partition coefficient (Wildman–Crippen LogP) is 8.35. The van der Waals surface area contributed by atoms with E-state index in [1.54, 1.807) is 36.4 Å². The summed E-state index contributed by atoms with van der Waals surface area (Å²) >= 11 is 6.26. The van der Waals surface area contributed by atoms with Crippen LogP contribution < -0.4 is 4.74 Å². The van der Waals surface area contributed by atoms with E-state index < -0.39 is 11.9 Å². The van der Waals surface area contributed by atoms with Crippen LogP contribution in [0.2, 0.25) is 5.02 Å². The topological polar surface area (TPSA) is 83.8 Å². The highest BCUT2D eigenvalue weighted by Crippen LogP contribution is 2.26. The van der Waals surface area contributed by atoms with Crippen molar-refractivity contribution in [1.82, 2.24) is 0 Å². The molecule has 41 heavy (non-hydrogen) atoms. The van der Waals surface area contributed by atoms with E-state index >= 15 is 0 Å². The second kappa shape index (κ2) is 14.3. The number of rotatable bonds is 13. The lowest BCUT2D eigenvalue weighted by molar-refractivity contribution is 0.0686. The molecule has 4 rings (SSSR count). The monoisotopic (exact) mass is 572 g/mol. The van der Waals surface area contributed by atoms with Gasteiger partial charge in [0.1, 0.15) is 18.2 Å². The van der Waals surface area contributed by atoms with E-state index in [0.29, 0.717) is 16.3 Å². The summed E-state index contributed by atoms with van der Waals surface area (Å²) in [7, 11) is 0. The summed E-state index contributed by atoms with van der Waals surface area (Å²) in [6, 6.07) is 25.5. The third-order valence-corrected chi connectivity index (χ3v) is 7.24. The van der Waals surface area contributed by atoms with Crippen LogP contribution in [0.5, 0.6) is 5.75 Å². The lowest BCUT2D eigenvalue weighted by Crippen LogP contribution is -2.03. The first-order valence-corrected chi connectivity index (χ1v) is 13.6. The number of benzene rings is 4. The van der Waals surface area contributed by atoms with E-state index in [1.807, 2.05) is 54.6 Å². The molecule has 7 heteroatoms. The molecule has 0 heterocycles. The molecule has 0 saturated carbocycles. The van der Waals surface area contributed by atoms with Crippen LogP contribution in [0.25, 0.3) is 6.08 Å². The zero-order chi connectivity index (χ0) is 29.2. The van der Waals surface area contributed by atoms with Crippen LogP contribution in [-0.2, 0) is 19.4 Å². The quantitative estimate of drug-likeness (QED) is 0.168. The average Bonchev–Trinajstić information content (AvgIpc) is 2.97. The van der Waals surface area contributed by atoms with Crippen LogP contribution >= 0.6 is 11.6 Å². The number of ether oxygens (including phenoxy) is 1. The molecule has 0 saturated heterocycles. The maximum absolute atomic E-state index is 14.2. The molecule has 0 bridgehead atoms. The highest BCUT2D eigenvalue weighted by atomic mass is 35.5. The van der Waals surface area contributed by atoms with Crippen molar-refractivity contribution in [3.05, 3.63) is 141 Å². The van der Waals surface area contributed by atoms with E-state index in [-0.39, 0.29) is 29.5 Å². The predicted molar refractivity (Wildman–Crippen MR) is 158 cm³/mol. The van der Waals surface area contributed by atoms with Gasteiger partial charge in [0.05, 0.1) is 11.1 Å². The first-order chi connectivity index (χ1) is 19.8. The molecule has 0 aliphatic rings. The molecule has 2 N–H and O–H groups in total. The molecule has 0 atom stereocenters. The number of hydrogen-bond donors (Lipinski definition) is 2. The Morgan fingerprint density at radius 2 is 1.37 bits per heavy atom. The van der Waals surface area contributed by atoms with Gasteiger partial charge in [0, 0.05) is 16.1 Å². The number of aromatic carboxylic acids is 2. The first kappa shape index (κ1) is 29.6. The van der Waals surface area contributed by atoms with Gasteiger partial charge in [-0.1, -0.05) is 66.2 Å². The first-order valence-electron chi connectivity index (χ1n) is 13.3. The van der Waals surface area contributed by atoms with E-state index in [9.17, 15) is 24.2 Å². The summed E-state index contributed by atoms with van der Waals surface area (Å²) < 4.78 is 20.2. The molecule has 0 unspecified atom stereocenters. The van der Waals surface area contributed by atoms with Gasteiger partial charge in [0.25, 0.3) is 0 Å². The van der Waals surface area contributed by atoms with Gasteiger partial charge in [-0.25, -0.2) is 14.0 Å². The Morgan fingerprint density at radius 3 is 1.90 bits per heavy atom. The van der Waals surface area contributed by atoms with Gasteiger partial charge in [-0.05, 0) is 91.3 Å². The summed E-state index contributed by atoms with van der Waals surface area (Å²) in [6.07, 6.45) is 6.94. The van der Waals surface area contributed by atoms with Crippen molar-refractivity contribution in [3.63, 3.8) is 0 Å². The number of hydrogen-bond acceptors (Lipinski definition) is 3. The fraction of sp³-hybridized carbons (Fsp3) is 0.176. The molecule has 0 fully saturated rings. The molecule has 0 spiro atoms. The van der Waals surface area contributed by atoms with Crippen molar-refractivity contribution in [3.8, 4) is 5.75 Å². The largest absolute Gasteiger partial charge is 0.488 e. The lowest BCUT2D eigenvalue weighted by Gasteiger charge is -2.15. The Morgan fingerprint density at radius 1 is 0.805 bits per heavy atom. The van der Waals surface area contributed by atoms with Crippen LogP contribution in [0.1, 0.15) is 55.8 Å². The maximum Gasteiger partial charge on any atom is 0.335 e. The maximum atomic E-state index is 14.2. The molecule has 5 nitrogen and oxygen atoms in total. The van der Waals surface area contributed by atoms with Crippen LogP contribution in [0.15, 0.2) is 97.1 Å². The fourth-order valence-corrected chi connectivity index (χ4v) is 4.65. The fourth-order valence-electron chi connectivity index (χ4n) is 4.46. The number of carbonyl (C=O) groups is 2. The number of carboxylic acid groups (broad SMARTS) is 2. The van der Waals surface area contributed by atoms with Gasteiger partial charge >= 0.3 is 11.9 Å². The third-order valence-electron chi connectivity index (χ3n) is 6.87. The van der Waals surface area contributed by atoms with Crippen LogP contribution in [-0.4, -0.2) is 22.2 Å². The Hall–Kier alpha value is -4.42. The summed E-state index contributed by atoms with van der Waals surface area (Å²) in [5, 5.41) is 18.9. The van der Waals surface area contributed by atoms with Gasteiger partial charge in [-0.15, -0.1) is 0 Å². The van der Waals surface area contributed by atoms with Crippen molar-refractivity contribution in [2.24, 2.45) is 5.92 Å². The number of allylic oxidation sites excluding steroid dienone is 1. The summed E-state index contributed by atoms with van der Waals surface area (Å²) in [6.45, 7) is 0.244. The van der Waals surface area contributed by atoms with Gasteiger partial charge in [-0.2, -0.15) is 0 Å². The van der Waals surface area contributed by atoms with Crippen LogP contribution in [0.3, 0.4) is 0 Å². The molecule has 0 aromatic heterocycles. The van der Waals surface area contributed by atoms with E-state index in [1.165, 1.54) is 12.1 Å². The Balaban J connectivity index is 1.50. The Labute approximate surface area is 243 Å². The highest BCUT2D eigenvalue weighted by Gasteiger charge is 2.11. The Kier molecular flexibility index (Phi) is 10.3. The molecular formula is C34H30ClFO5. The van der Waals surface area contributed by atoms with Gasteiger partial charge < -0.3 is 14.9 Å². The van der Waals surface area contributed by atoms with E-state index in [0.717, 1.165) is 42.4 Å². The number of carboxylic acids is 2. The van der Waals surface area contributed by atoms with Crippen molar-refractivity contribution >= 4 is 29.6 Å². The molecule has 0 aliphatic heterocycles. The molecule has 210 valence electrons. The molecule has 0 aliphatic carbocycles.